The molecule has 2 N–H and O–H groups in total. The summed E-state index contributed by atoms with van der Waals surface area (Å²) < 4.78 is 24.4. The third-order valence-electron chi connectivity index (χ3n) is 1.61. The van der Waals surface area contributed by atoms with Crippen LogP contribution in [0.15, 0.2) is 0 Å². The lowest BCUT2D eigenvalue weighted by molar-refractivity contribution is 0.555. The molecule has 0 aromatic carbocycles. The van der Waals surface area contributed by atoms with E-state index in [9.17, 15) is 8.42 Å². The average molecular weight is 208 g/mol. The fourth-order valence-corrected chi connectivity index (χ4v) is 1.47. The Labute approximate surface area is 81.2 Å². The molecule has 5 heteroatoms. The summed E-state index contributed by atoms with van der Waals surface area (Å²) >= 11 is 0. The summed E-state index contributed by atoms with van der Waals surface area (Å²) in [5.74, 6) is 0.157. The second kappa shape index (κ2) is 6.34. The number of hydrogen-bond donors (Lipinski definition) is 2. The van der Waals surface area contributed by atoms with Gasteiger partial charge in [0.15, 0.2) is 0 Å². The van der Waals surface area contributed by atoms with Crippen molar-refractivity contribution in [2.75, 3.05) is 18.8 Å². The van der Waals surface area contributed by atoms with Crippen LogP contribution in [0, 0.1) is 0 Å². The van der Waals surface area contributed by atoms with Gasteiger partial charge in [0, 0.05) is 12.6 Å². The van der Waals surface area contributed by atoms with Crippen LogP contribution in [0.25, 0.3) is 0 Å². The highest BCUT2D eigenvalue weighted by molar-refractivity contribution is 7.89. The zero-order valence-electron chi connectivity index (χ0n) is 8.63. The van der Waals surface area contributed by atoms with Crippen LogP contribution in [0.1, 0.15) is 27.2 Å². The zero-order chi connectivity index (χ0) is 10.3. The third-order valence-corrected chi connectivity index (χ3v) is 3.01. The molecule has 0 saturated heterocycles. The van der Waals surface area contributed by atoms with Gasteiger partial charge < -0.3 is 5.32 Å². The van der Waals surface area contributed by atoms with E-state index in [0.29, 0.717) is 12.6 Å². The third kappa shape index (κ3) is 8.21. The Hall–Kier alpha value is -0.130. The highest BCUT2D eigenvalue weighted by Gasteiger charge is 2.03. The van der Waals surface area contributed by atoms with Crippen molar-refractivity contribution in [2.24, 2.45) is 0 Å². The van der Waals surface area contributed by atoms with E-state index < -0.39 is 10.0 Å². The van der Waals surface area contributed by atoms with Gasteiger partial charge in [0.05, 0.1) is 5.75 Å². The molecule has 0 saturated carbocycles. The van der Waals surface area contributed by atoms with Crippen LogP contribution in [0.2, 0.25) is 0 Å². The van der Waals surface area contributed by atoms with Crippen LogP contribution in [0.4, 0.5) is 0 Å². The van der Waals surface area contributed by atoms with Gasteiger partial charge in [-0.3, -0.25) is 0 Å². The van der Waals surface area contributed by atoms with Crippen molar-refractivity contribution in [1.29, 1.82) is 0 Å². The summed E-state index contributed by atoms with van der Waals surface area (Å²) in [5.41, 5.74) is 0. The molecule has 0 atom stereocenters. The molecule has 0 aliphatic carbocycles. The van der Waals surface area contributed by atoms with E-state index in [2.05, 4.69) is 23.9 Å². The molecule has 0 aliphatic rings. The van der Waals surface area contributed by atoms with Crippen molar-refractivity contribution in [3.05, 3.63) is 0 Å². The van der Waals surface area contributed by atoms with Crippen molar-refractivity contribution >= 4 is 10.0 Å². The van der Waals surface area contributed by atoms with Gasteiger partial charge >= 0.3 is 0 Å². The minimum Gasteiger partial charge on any atom is -0.314 e. The smallest absolute Gasteiger partial charge is 0.211 e. The van der Waals surface area contributed by atoms with E-state index in [1.54, 1.807) is 6.92 Å². The lowest BCUT2D eigenvalue weighted by Gasteiger charge is -2.08. The van der Waals surface area contributed by atoms with Crippen LogP contribution in [0.3, 0.4) is 0 Å². The lowest BCUT2D eigenvalue weighted by Crippen LogP contribution is -2.30. The maximum absolute atomic E-state index is 11.0. The van der Waals surface area contributed by atoms with Crippen molar-refractivity contribution in [3.63, 3.8) is 0 Å². The molecule has 0 bridgehead atoms. The first-order valence-electron chi connectivity index (χ1n) is 4.68. The molecule has 0 rings (SSSR count). The lowest BCUT2D eigenvalue weighted by atomic mass is 10.3. The Bertz CT molecular complexity index is 212. The molecule has 0 unspecified atom stereocenters. The van der Waals surface area contributed by atoms with Crippen molar-refractivity contribution in [1.82, 2.24) is 10.0 Å². The summed E-state index contributed by atoms with van der Waals surface area (Å²) in [6, 6.07) is 0.461. The molecule has 13 heavy (non-hydrogen) atoms. The quantitative estimate of drug-likeness (QED) is 0.592. The van der Waals surface area contributed by atoms with Crippen LogP contribution in [-0.4, -0.2) is 33.3 Å². The first-order valence-corrected chi connectivity index (χ1v) is 6.34. The average Bonchev–Trinajstić information content (AvgIpc) is 2.03. The number of nitrogens with one attached hydrogen (secondary N) is 2. The first-order chi connectivity index (χ1) is 5.98. The number of rotatable bonds is 7. The summed E-state index contributed by atoms with van der Waals surface area (Å²) in [4.78, 5) is 0. The fourth-order valence-electron chi connectivity index (χ4n) is 0.809. The Morgan fingerprint density at radius 3 is 2.31 bits per heavy atom. The second-order valence-corrected chi connectivity index (χ2v) is 5.36. The van der Waals surface area contributed by atoms with Gasteiger partial charge in [0.25, 0.3) is 0 Å². The molecule has 0 aromatic rings. The zero-order valence-corrected chi connectivity index (χ0v) is 9.45. The largest absolute Gasteiger partial charge is 0.314 e. The van der Waals surface area contributed by atoms with Crippen molar-refractivity contribution < 1.29 is 8.42 Å². The normalized spacial score (nSPS) is 12.3. The highest BCUT2D eigenvalue weighted by atomic mass is 32.2. The molecule has 0 heterocycles. The molecule has 4 nitrogen and oxygen atoms in total. The van der Waals surface area contributed by atoms with Crippen molar-refractivity contribution in [2.45, 2.75) is 33.2 Å². The minimum absolute atomic E-state index is 0.157. The van der Waals surface area contributed by atoms with Gasteiger partial charge in [0.2, 0.25) is 10.0 Å². The second-order valence-electron chi connectivity index (χ2n) is 3.26. The molecule has 0 aliphatic heterocycles. The van der Waals surface area contributed by atoms with E-state index in [1.807, 2.05) is 0 Å². The number of sulfonamides is 1. The Morgan fingerprint density at radius 1 is 1.23 bits per heavy atom. The molecular weight excluding hydrogens is 188 g/mol. The van der Waals surface area contributed by atoms with Gasteiger partial charge in [-0.2, -0.15) is 0 Å². The van der Waals surface area contributed by atoms with E-state index in [0.717, 1.165) is 13.0 Å². The highest BCUT2D eigenvalue weighted by Crippen LogP contribution is 1.84. The van der Waals surface area contributed by atoms with E-state index in [4.69, 9.17) is 0 Å². The Balaban J connectivity index is 3.37. The van der Waals surface area contributed by atoms with Crippen molar-refractivity contribution in [3.8, 4) is 0 Å². The Kier molecular flexibility index (Phi) is 6.28. The van der Waals surface area contributed by atoms with Crippen LogP contribution in [-0.2, 0) is 10.0 Å². The topological polar surface area (TPSA) is 58.2 Å². The van der Waals surface area contributed by atoms with Gasteiger partial charge in [-0.15, -0.1) is 0 Å². The van der Waals surface area contributed by atoms with Crippen LogP contribution < -0.4 is 10.0 Å². The van der Waals surface area contributed by atoms with Crippen LogP contribution >= 0.6 is 0 Å². The van der Waals surface area contributed by atoms with E-state index in [-0.39, 0.29) is 5.75 Å². The van der Waals surface area contributed by atoms with E-state index >= 15 is 0 Å². The maximum atomic E-state index is 11.0. The predicted molar refractivity (Wildman–Crippen MR) is 55.2 cm³/mol. The monoisotopic (exact) mass is 208 g/mol. The van der Waals surface area contributed by atoms with Gasteiger partial charge in [-0.25, -0.2) is 13.1 Å². The fraction of sp³-hybridized carbons (Fsp3) is 1.00. The van der Waals surface area contributed by atoms with Crippen LogP contribution in [0.5, 0.6) is 0 Å². The predicted octanol–water partition coefficient (Wildman–Crippen LogP) is 0.314. The summed E-state index contributed by atoms with van der Waals surface area (Å²) in [6.07, 6.45) is 0.831. The molecule has 80 valence electrons. The van der Waals surface area contributed by atoms with E-state index in [1.165, 1.54) is 0 Å². The van der Waals surface area contributed by atoms with Gasteiger partial charge in [0.1, 0.15) is 0 Å². The molecule has 0 fully saturated rings. The SMILES string of the molecule is CCS(=O)(=O)NCCCNC(C)C. The van der Waals surface area contributed by atoms with Gasteiger partial charge in [-0.1, -0.05) is 13.8 Å². The number of hydrogen-bond acceptors (Lipinski definition) is 3. The Morgan fingerprint density at radius 2 is 1.85 bits per heavy atom. The molecule has 0 amide bonds. The minimum atomic E-state index is -3.00. The summed E-state index contributed by atoms with van der Waals surface area (Å²) in [5, 5.41) is 3.21. The summed E-state index contributed by atoms with van der Waals surface area (Å²) in [7, 11) is -3.00. The molecule has 0 spiro atoms. The molecule has 0 aromatic heterocycles. The van der Waals surface area contributed by atoms with Gasteiger partial charge in [-0.05, 0) is 19.9 Å². The molecular formula is C8H20N2O2S. The summed E-state index contributed by atoms with van der Waals surface area (Å²) in [6.45, 7) is 7.14. The first kappa shape index (κ1) is 12.9. The maximum Gasteiger partial charge on any atom is 0.211 e. The molecule has 0 radical (unpaired) electrons. The standard InChI is InChI=1S/C8H20N2O2S/c1-4-13(11,12)10-7-5-6-9-8(2)3/h8-10H,4-7H2,1-3H3.